The molecule has 0 saturated heterocycles. The number of fused-ring (bicyclic) bond motifs is 1. The minimum absolute atomic E-state index is 0.0549. The van der Waals surface area contributed by atoms with E-state index in [2.05, 4.69) is 35.8 Å². The molecule has 1 aliphatic rings. The fraction of sp³-hybridized carbons (Fsp3) is 0.0968. The Kier molecular flexibility index (Phi) is 6.76. The van der Waals surface area contributed by atoms with Crippen LogP contribution in [0.25, 0.3) is 22.3 Å². The largest absolute Gasteiger partial charge is 0.505 e. The highest BCUT2D eigenvalue weighted by molar-refractivity contribution is 6.54. The molecule has 0 spiro atoms. The number of hydrazone groups is 1. The third-order valence-electron chi connectivity index (χ3n) is 6.73. The molecule has 0 aliphatic carbocycles. The molecule has 0 saturated carbocycles. The van der Waals surface area contributed by atoms with Gasteiger partial charge in [0.25, 0.3) is 5.91 Å². The van der Waals surface area contributed by atoms with E-state index >= 15 is 0 Å². The molecule has 4 aromatic rings. The van der Waals surface area contributed by atoms with Gasteiger partial charge < -0.3 is 15.5 Å². The fourth-order valence-corrected chi connectivity index (χ4v) is 4.60. The molecular formula is C31H23FN4O4. The van der Waals surface area contributed by atoms with Gasteiger partial charge >= 0.3 is 5.97 Å². The molecule has 1 heterocycles. The van der Waals surface area contributed by atoms with Crippen LogP contribution in [0.1, 0.15) is 46.8 Å². The van der Waals surface area contributed by atoms with E-state index in [4.69, 9.17) is 0 Å². The van der Waals surface area contributed by atoms with Crippen molar-refractivity contribution in [2.45, 2.75) is 19.8 Å². The Morgan fingerprint density at radius 2 is 1.75 bits per heavy atom. The van der Waals surface area contributed by atoms with Crippen LogP contribution in [0, 0.1) is 17.1 Å². The van der Waals surface area contributed by atoms with Gasteiger partial charge in [-0.1, -0.05) is 56.3 Å². The third-order valence-corrected chi connectivity index (χ3v) is 6.73. The SMILES string of the molecule is CC(C)c1ccc(-c2c(C#N)ccc3c2NC(=O)C3=NNc2cccc(-c3ccc(F)c(C(=O)O)c3)c2O)cc1. The highest BCUT2D eigenvalue weighted by Gasteiger charge is 2.30. The molecule has 1 amide bonds. The van der Waals surface area contributed by atoms with Gasteiger partial charge in [0.15, 0.2) is 5.71 Å². The lowest BCUT2D eigenvalue weighted by molar-refractivity contribution is -0.110. The lowest BCUT2D eigenvalue weighted by Gasteiger charge is -2.12. The van der Waals surface area contributed by atoms with Crippen molar-refractivity contribution in [3.8, 4) is 34.1 Å². The van der Waals surface area contributed by atoms with Gasteiger partial charge in [0, 0.05) is 16.7 Å². The molecule has 4 N–H and O–H groups in total. The zero-order valence-electron chi connectivity index (χ0n) is 21.5. The number of nitrogens with zero attached hydrogens (tertiary/aromatic N) is 2. The maximum atomic E-state index is 13.9. The molecule has 8 nitrogen and oxygen atoms in total. The smallest absolute Gasteiger partial charge is 0.338 e. The number of nitriles is 1. The number of nitrogens with one attached hydrogen (secondary N) is 2. The summed E-state index contributed by atoms with van der Waals surface area (Å²) in [6.45, 7) is 4.18. The van der Waals surface area contributed by atoms with Gasteiger partial charge in [0.2, 0.25) is 0 Å². The van der Waals surface area contributed by atoms with Gasteiger partial charge in [-0.3, -0.25) is 10.2 Å². The summed E-state index contributed by atoms with van der Waals surface area (Å²) in [5.74, 6) is -2.73. The minimum Gasteiger partial charge on any atom is -0.505 e. The second-order valence-electron chi connectivity index (χ2n) is 9.53. The highest BCUT2D eigenvalue weighted by atomic mass is 19.1. The molecule has 40 heavy (non-hydrogen) atoms. The van der Waals surface area contributed by atoms with Gasteiger partial charge in [-0.2, -0.15) is 10.4 Å². The number of hydrogen-bond donors (Lipinski definition) is 4. The van der Waals surface area contributed by atoms with Crippen LogP contribution in [0.15, 0.2) is 77.9 Å². The number of halogens is 1. The molecule has 0 radical (unpaired) electrons. The van der Waals surface area contributed by atoms with Gasteiger partial charge in [0.05, 0.1) is 28.6 Å². The van der Waals surface area contributed by atoms with E-state index in [1.165, 1.54) is 12.1 Å². The topological polar surface area (TPSA) is 135 Å². The van der Waals surface area contributed by atoms with Crippen LogP contribution in [-0.4, -0.2) is 27.8 Å². The molecule has 1 aliphatic heterocycles. The van der Waals surface area contributed by atoms with Gasteiger partial charge in [-0.25, -0.2) is 9.18 Å². The van der Waals surface area contributed by atoms with Crippen molar-refractivity contribution >= 4 is 29.0 Å². The van der Waals surface area contributed by atoms with Crippen molar-refractivity contribution in [2.75, 3.05) is 10.7 Å². The second kappa shape index (κ2) is 10.3. The quantitative estimate of drug-likeness (QED) is 0.169. The Morgan fingerprint density at radius 1 is 1.02 bits per heavy atom. The first kappa shape index (κ1) is 26.1. The van der Waals surface area contributed by atoms with Crippen LogP contribution in [0.3, 0.4) is 0 Å². The molecule has 0 fully saturated rings. The number of carbonyl (C=O) groups is 2. The molecule has 9 heteroatoms. The Labute approximate surface area is 229 Å². The van der Waals surface area contributed by atoms with E-state index in [9.17, 15) is 29.5 Å². The van der Waals surface area contributed by atoms with Crippen LogP contribution in [0.5, 0.6) is 5.75 Å². The number of carboxylic acid groups (broad SMARTS) is 1. The van der Waals surface area contributed by atoms with E-state index in [1.807, 2.05) is 24.3 Å². The number of hydrogen-bond acceptors (Lipinski definition) is 6. The summed E-state index contributed by atoms with van der Waals surface area (Å²) in [4.78, 5) is 24.3. The molecular weight excluding hydrogens is 511 g/mol. The first-order valence-corrected chi connectivity index (χ1v) is 12.4. The monoisotopic (exact) mass is 534 g/mol. The van der Waals surface area contributed by atoms with Crippen molar-refractivity contribution in [3.05, 3.63) is 101 Å². The van der Waals surface area contributed by atoms with E-state index in [0.717, 1.165) is 23.3 Å². The number of aromatic hydroxyl groups is 1. The third kappa shape index (κ3) is 4.63. The van der Waals surface area contributed by atoms with Crippen molar-refractivity contribution < 1.29 is 24.2 Å². The molecule has 0 bridgehead atoms. The Balaban J connectivity index is 1.52. The lowest BCUT2D eigenvalue weighted by Crippen LogP contribution is -2.16. The van der Waals surface area contributed by atoms with Gasteiger partial charge in [-0.05, 0) is 52.9 Å². The van der Waals surface area contributed by atoms with Crippen molar-refractivity contribution in [1.29, 1.82) is 5.26 Å². The Morgan fingerprint density at radius 3 is 2.42 bits per heavy atom. The molecule has 0 unspecified atom stereocenters. The average Bonchev–Trinajstić information content (AvgIpc) is 3.26. The first-order chi connectivity index (χ1) is 19.2. The molecule has 198 valence electrons. The summed E-state index contributed by atoms with van der Waals surface area (Å²) in [5.41, 5.74) is 6.78. The number of aromatic carboxylic acids is 1. The summed E-state index contributed by atoms with van der Waals surface area (Å²) >= 11 is 0. The summed E-state index contributed by atoms with van der Waals surface area (Å²) in [5, 5.41) is 37.0. The predicted octanol–water partition coefficient (Wildman–Crippen LogP) is 6.33. The van der Waals surface area contributed by atoms with Crippen molar-refractivity contribution in [2.24, 2.45) is 5.10 Å². The molecule has 0 aromatic heterocycles. The maximum absolute atomic E-state index is 13.9. The summed E-state index contributed by atoms with van der Waals surface area (Å²) in [6.07, 6.45) is 0. The number of para-hydroxylation sites is 1. The Bertz CT molecular complexity index is 1750. The first-order valence-electron chi connectivity index (χ1n) is 12.4. The second-order valence-corrected chi connectivity index (χ2v) is 9.53. The van der Waals surface area contributed by atoms with Crippen LogP contribution in [0.4, 0.5) is 15.8 Å². The normalized spacial score (nSPS) is 13.2. The number of benzene rings is 4. The number of anilines is 2. The summed E-state index contributed by atoms with van der Waals surface area (Å²) in [7, 11) is 0. The highest BCUT2D eigenvalue weighted by Crippen LogP contribution is 2.39. The van der Waals surface area contributed by atoms with E-state index in [-0.39, 0.29) is 28.3 Å². The lowest BCUT2D eigenvalue weighted by atomic mass is 9.93. The zero-order valence-corrected chi connectivity index (χ0v) is 21.5. The zero-order chi connectivity index (χ0) is 28.6. The van der Waals surface area contributed by atoms with E-state index < -0.39 is 23.3 Å². The number of phenols is 1. The molecule has 4 aromatic carbocycles. The number of carbonyl (C=O) groups excluding carboxylic acids is 1. The van der Waals surface area contributed by atoms with Gasteiger partial charge in [0.1, 0.15) is 11.6 Å². The van der Waals surface area contributed by atoms with E-state index in [1.54, 1.807) is 24.3 Å². The maximum Gasteiger partial charge on any atom is 0.338 e. The van der Waals surface area contributed by atoms with Crippen molar-refractivity contribution in [3.63, 3.8) is 0 Å². The predicted molar refractivity (Wildman–Crippen MR) is 150 cm³/mol. The van der Waals surface area contributed by atoms with Crippen molar-refractivity contribution in [1.82, 2.24) is 0 Å². The number of rotatable bonds is 6. The average molecular weight is 535 g/mol. The van der Waals surface area contributed by atoms with Crippen LogP contribution < -0.4 is 10.7 Å². The fourth-order valence-electron chi connectivity index (χ4n) is 4.60. The molecule has 0 atom stereocenters. The van der Waals surface area contributed by atoms with Gasteiger partial charge in [-0.15, -0.1) is 0 Å². The number of phenolic OH excluding ortho intramolecular Hbond substituents is 1. The van der Waals surface area contributed by atoms with Crippen LogP contribution in [0.2, 0.25) is 0 Å². The van der Waals surface area contributed by atoms with Crippen LogP contribution >= 0.6 is 0 Å². The van der Waals surface area contributed by atoms with Crippen LogP contribution in [-0.2, 0) is 4.79 Å². The standard InChI is InChI=1S/C31H23FN4O4/c1-16(2)17-6-8-18(9-7-17)26-20(15-33)10-12-22-27(26)34-30(38)28(22)36-35-25-5-3-4-21(29(25)37)19-11-13-24(32)23(14-19)31(39)40/h3-14,16,35,37H,1-2H3,(H,39,40)(H,34,36,38). The van der Waals surface area contributed by atoms with E-state index in [0.29, 0.717) is 28.3 Å². The Hall–Kier alpha value is -5.49. The summed E-state index contributed by atoms with van der Waals surface area (Å²) in [6, 6.07) is 21.5. The number of carboxylic acids is 1. The number of amides is 1. The summed E-state index contributed by atoms with van der Waals surface area (Å²) < 4.78 is 13.9. The molecule has 5 rings (SSSR count). The minimum atomic E-state index is -1.43.